The molecule has 1 aromatic carbocycles. The van der Waals surface area contributed by atoms with Crippen molar-refractivity contribution in [2.45, 2.75) is 4.90 Å². The van der Waals surface area contributed by atoms with E-state index in [1.165, 1.54) is 24.3 Å². The number of hydrogen-bond donors (Lipinski definition) is 0. The Morgan fingerprint density at radius 1 is 1.29 bits per heavy atom. The summed E-state index contributed by atoms with van der Waals surface area (Å²) in [6, 6.07) is 5.71. The Hall–Kier alpha value is -0.870. The summed E-state index contributed by atoms with van der Waals surface area (Å²) in [5, 5.41) is 0. The molecule has 1 aromatic rings. The lowest BCUT2D eigenvalue weighted by atomic mass is 10.1. The minimum Gasteiger partial charge on any atom is -0.293 e. The Morgan fingerprint density at radius 3 is 2.14 bits per heavy atom. The zero-order valence-corrected chi connectivity index (χ0v) is 9.10. The molecule has 0 aliphatic rings. The van der Waals surface area contributed by atoms with Crippen LogP contribution < -0.4 is 0 Å². The van der Waals surface area contributed by atoms with Crippen LogP contribution in [0, 0.1) is 0 Å². The van der Waals surface area contributed by atoms with Gasteiger partial charge in [-0.2, -0.15) is 0 Å². The first kappa shape index (κ1) is 11.2. The van der Waals surface area contributed by atoms with Crippen LogP contribution in [0.2, 0.25) is 0 Å². The zero-order chi connectivity index (χ0) is 10.8. The van der Waals surface area contributed by atoms with Crippen LogP contribution in [0.1, 0.15) is 10.4 Å². The van der Waals surface area contributed by atoms with Crippen molar-refractivity contribution in [3.8, 4) is 0 Å². The van der Waals surface area contributed by atoms with Gasteiger partial charge in [-0.25, -0.2) is 8.42 Å². The lowest BCUT2D eigenvalue weighted by molar-refractivity contribution is 0.102. The summed E-state index contributed by atoms with van der Waals surface area (Å²) < 4.78 is 22.1. The molecule has 1 rings (SSSR count). The predicted octanol–water partition coefficient (Wildman–Crippen LogP) is 1.51. The summed E-state index contributed by atoms with van der Waals surface area (Å²) in [6.07, 6.45) is 1.12. The first-order valence-electron chi connectivity index (χ1n) is 3.84. The standard InChI is InChI=1S/C9H9ClO3S/c1-14(12,13)8-4-2-7(3-5-8)9(11)6-10/h2-5H,6H2,1H3. The second-order valence-corrected chi connectivity index (χ2v) is 5.14. The second kappa shape index (κ2) is 4.11. The molecule has 0 atom stereocenters. The molecular weight excluding hydrogens is 224 g/mol. The summed E-state index contributed by atoms with van der Waals surface area (Å²) in [5.74, 6) is -0.315. The van der Waals surface area contributed by atoms with Crippen molar-refractivity contribution >= 4 is 27.2 Å². The molecule has 5 heteroatoms. The van der Waals surface area contributed by atoms with Crippen molar-refractivity contribution < 1.29 is 13.2 Å². The maximum Gasteiger partial charge on any atom is 0.177 e. The monoisotopic (exact) mass is 232 g/mol. The van der Waals surface area contributed by atoms with Crippen molar-refractivity contribution in [1.29, 1.82) is 0 Å². The molecule has 0 saturated carbocycles. The summed E-state index contributed by atoms with van der Waals surface area (Å²) >= 11 is 5.35. The van der Waals surface area contributed by atoms with Crippen LogP contribution >= 0.6 is 11.6 Å². The third-order valence-corrected chi connectivity index (χ3v) is 3.10. The van der Waals surface area contributed by atoms with Gasteiger partial charge in [0.25, 0.3) is 0 Å². The average molecular weight is 233 g/mol. The maximum atomic E-state index is 11.1. The molecule has 0 unspecified atom stereocenters. The number of carbonyl (C=O) groups is 1. The molecule has 0 amide bonds. The van der Waals surface area contributed by atoms with E-state index in [1.807, 2.05) is 0 Å². The SMILES string of the molecule is CS(=O)(=O)c1ccc(C(=O)CCl)cc1. The molecule has 0 heterocycles. The molecule has 14 heavy (non-hydrogen) atoms. The third kappa shape index (κ3) is 2.56. The van der Waals surface area contributed by atoms with E-state index in [9.17, 15) is 13.2 Å². The van der Waals surface area contributed by atoms with Crippen molar-refractivity contribution in [3.63, 3.8) is 0 Å². The zero-order valence-electron chi connectivity index (χ0n) is 7.53. The Balaban J connectivity index is 3.07. The van der Waals surface area contributed by atoms with Gasteiger partial charge in [0.2, 0.25) is 0 Å². The molecule has 0 aromatic heterocycles. The van der Waals surface area contributed by atoms with E-state index in [-0.39, 0.29) is 16.6 Å². The summed E-state index contributed by atoms with van der Waals surface area (Å²) in [6.45, 7) is 0. The van der Waals surface area contributed by atoms with Gasteiger partial charge < -0.3 is 0 Å². The quantitative estimate of drug-likeness (QED) is 0.586. The molecule has 0 fully saturated rings. The van der Waals surface area contributed by atoms with Gasteiger partial charge in [0.15, 0.2) is 15.6 Å². The highest BCUT2D eigenvalue weighted by Crippen LogP contribution is 2.10. The first-order valence-corrected chi connectivity index (χ1v) is 6.27. The van der Waals surface area contributed by atoms with E-state index in [0.29, 0.717) is 5.56 Å². The number of alkyl halides is 1. The van der Waals surface area contributed by atoms with Crippen LogP contribution in [0.15, 0.2) is 29.2 Å². The fourth-order valence-electron chi connectivity index (χ4n) is 0.965. The van der Waals surface area contributed by atoms with Crippen LogP contribution in [0.5, 0.6) is 0 Å². The van der Waals surface area contributed by atoms with Crippen LogP contribution in [0.25, 0.3) is 0 Å². The van der Waals surface area contributed by atoms with E-state index in [2.05, 4.69) is 0 Å². The van der Waals surface area contributed by atoms with Crippen LogP contribution in [-0.2, 0) is 9.84 Å². The number of sulfone groups is 1. The fourth-order valence-corrected chi connectivity index (χ4v) is 1.75. The molecule has 76 valence electrons. The van der Waals surface area contributed by atoms with Crippen LogP contribution in [0.4, 0.5) is 0 Å². The molecule has 0 saturated heterocycles. The van der Waals surface area contributed by atoms with E-state index in [0.717, 1.165) is 6.26 Å². The minimum atomic E-state index is -3.20. The topological polar surface area (TPSA) is 51.2 Å². The number of benzene rings is 1. The van der Waals surface area contributed by atoms with Gasteiger partial charge >= 0.3 is 0 Å². The number of Topliss-reactive ketones (excluding diaryl/α,β-unsaturated/α-hetero) is 1. The number of carbonyl (C=O) groups excluding carboxylic acids is 1. The number of ketones is 1. The lowest BCUT2D eigenvalue weighted by Crippen LogP contribution is -2.02. The van der Waals surface area contributed by atoms with Gasteiger partial charge in [0.1, 0.15) is 0 Å². The Morgan fingerprint density at radius 2 is 1.79 bits per heavy atom. The largest absolute Gasteiger partial charge is 0.293 e. The first-order chi connectivity index (χ1) is 6.45. The Labute approximate surface area is 87.6 Å². The molecule has 0 spiro atoms. The third-order valence-electron chi connectivity index (χ3n) is 1.73. The smallest absolute Gasteiger partial charge is 0.177 e. The van der Waals surface area contributed by atoms with Crippen molar-refractivity contribution in [2.24, 2.45) is 0 Å². The van der Waals surface area contributed by atoms with E-state index < -0.39 is 9.84 Å². The predicted molar refractivity (Wildman–Crippen MR) is 54.6 cm³/mol. The molecule has 0 N–H and O–H groups in total. The van der Waals surface area contributed by atoms with Gasteiger partial charge in [-0.05, 0) is 12.1 Å². The average Bonchev–Trinajstić information content (AvgIpc) is 2.15. The van der Waals surface area contributed by atoms with Gasteiger partial charge in [-0.3, -0.25) is 4.79 Å². The highest BCUT2D eigenvalue weighted by atomic mass is 35.5. The molecule has 0 bridgehead atoms. The summed E-state index contributed by atoms with van der Waals surface area (Å²) in [7, 11) is -3.20. The van der Waals surface area contributed by atoms with E-state index >= 15 is 0 Å². The van der Waals surface area contributed by atoms with Gasteiger partial charge in [0.05, 0.1) is 10.8 Å². The fraction of sp³-hybridized carbons (Fsp3) is 0.222. The van der Waals surface area contributed by atoms with Gasteiger partial charge in [-0.15, -0.1) is 11.6 Å². The molecule has 3 nitrogen and oxygen atoms in total. The second-order valence-electron chi connectivity index (χ2n) is 2.85. The Bertz CT molecular complexity index is 434. The minimum absolute atomic E-state index is 0.0990. The van der Waals surface area contributed by atoms with Crippen LogP contribution in [-0.4, -0.2) is 26.3 Å². The summed E-state index contributed by atoms with van der Waals surface area (Å²) in [5.41, 5.74) is 0.424. The number of hydrogen-bond acceptors (Lipinski definition) is 3. The lowest BCUT2D eigenvalue weighted by Gasteiger charge is -1.99. The van der Waals surface area contributed by atoms with Gasteiger partial charge in [0, 0.05) is 11.8 Å². The maximum absolute atomic E-state index is 11.1. The highest BCUT2D eigenvalue weighted by Gasteiger charge is 2.08. The highest BCUT2D eigenvalue weighted by molar-refractivity contribution is 7.90. The Kier molecular flexibility index (Phi) is 3.29. The molecular formula is C9H9ClO3S. The van der Waals surface area contributed by atoms with Crippen molar-refractivity contribution in [1.82, 2.24) is 0 Å². The van der Waals surface area contributed by atoms with Gasteiger partial charge in [-0.1, -0.05) is 12.1 Å². The van der Waals surface area contributed by atoms with Crippen LogP contribution in [0.3, 0.4) is 0 Å². The molecule has 0 aliphatic heterocycles. The molecule has 0 radical (unpaired) electrons. The molecule has 0 aliphatic carbocycles. The normalized spacial score (nSPS) is 11.3. The van der Waals surface area contributed by atoms with E-state index in [1.54, 1.807) is 0 Å². The summed E-state index contributed by atoms with van der Waals surface area (Å²) in [4.78, 5) is 11.3. The van der Waals surface area contributed by atoms with Crippen molar-refractivity contribution in [2.75, 3.05) is 12.1 Å². The number of rotatable bonds is 3. The number of halogens is 1. The van der Waals surface area contributed by atoms with E-state index in [4.69, 9.17) is 11.6 Å². The van der Waals surface area contributed by atoms with Crippen molar-refractivity contribution in [3.05, 3.63) is 29.8 Å².